The van der Waals surface area contributed by atoms with Crippen LogP contribution in [0.4, 0.5) is 14.9 Å². The molecule has 0 saturated heterocycles. The van der Waals surface area contributed by atoms with E-state index in [-0.39, 0.29) is 17.0 Å². The normalized spacial score (nSPS) is 11.9. The zero-order chi connectivity index (χ0) is 25.9. The third-order valence-corrected chi connectivity index (χ3v) is 6.43. The van der Waals surface area contributed by atoms with Crippen LogP contribution in [0.1, 0.15) is 50.9 Å². The van der Waals surface area contributed by atoms with Crippen molar-refractivity contribution in [3.8, 4) is 11.1 Å². The number of carbonyl (C=O) groups is 1. The Labute approximate surface area is 205 Å². The summed E-state index contributed by atoms with van der Waals surface area (Å²) in [5.74, 6) is -0.623. The quantitative estimate of drug-likeness (QED) is 0.474. The highest BCUT2D eigenvalue weighted by Gasteiger charge is 2.25. The molecule has 3 aromatic rings. The molecule has 1 aromatic carbocycles. The van der Waals surface area contributed by atoms with Crippen molar-refractivity contribution in [2.45, 2.75) is 51.2 Å². The van der Waals surface area contributed by atoms with Gasteiger partial charge in [-0.15, -0.1) is 0 Å². The van der Waals surface area contributed by atoms with Crippen LogP contribution in [0.3, 0.4) is 0 Å². The van der Waals surface area contributed by atoms with E-state index in [2.05, 4.69) is 15.4 Å². The van der Waals surface area contributed by atoms with Crippen molar-refractivity contribution in [3.63, 3.8) is 0 Å². The zero-order valence-corrected chi connectivity index (χ0v) is 21.5. The van der Waals surface area contributed by atoms with E-state index in [1.807, 2.05) is 51.4 Å². The van der Waals surface area contributed by atoms with Crippen LogP contribution >= 0.6 is 0 Å². The second-order valence-electron chi connectivity index (χ2n) is 9.12. The highest BCUT2D eigenvalue weighted by molar-refractivity contribution is 7.90. The molecule has 0 aliphatic rings. The fourth-order valence-corrected chi connectivity index (χ4v) is 4.60. The molecule has 3 rings (SSSR count). The molecule has 0 unspecified atom stereocenters. The largest absolute Gasteiger partial charge is 0.333 e. The third kappa shape index (κ3) is 6.23. The Morgan fingerprint density at radius 1 is 1.17 bits per heavy atom. The maximum absolute atomic E-state index is 14.4. The number of nitrogens with one attached hydrogen (secondary N) is 2. The first-order valence-corrected chi connectivity index (χ1v) is 12.7. The van der Waals surface area contributed by atoms with Crippen LogP contribution in [0.25, 0.3) is 11.1 Å². The number of amides is 2. The highest BCUT2D eigenvalue weighted by Crippen LogP contribution is 2.35. The van der Waals surface area contributed by atoms with Gasteiger partial charge < -0.3 is 10.2 Å². The van der Waals surface area contributed by atoms with Crippen molar-refractivity contribution in [2.75, 3.05) is 19.4 Å². The van der Waals surface area contributed by atoms with Gasteiger partial charge in [-0.25, -0.2) is 13.9 Å². The summed E-state index contributed by atoms with van der Waals surface area (Å²) < 4.78 is 44.1. The van der Waals surface area contributed by atoms with Crippen molar-refractivity contribution >= 4 is 21.7 Å². The first kappa shape index (κ1) is 26.3. The van der Waals surface area contributed by atoms with Crippen LogP contribution in [0.5, 0.6) is 0 Å². The number of benzene rings is 1. The molecule has 0 atom stereocenters. The summed E-state index contributed by atoms with van der Waals surface area (Å²) in [6, 6.07) is 6.44. The molecule has 0 radical (unpaired) electrons. The summed E-state index contributed by atoms with van der Waals surface area (Å²) in [4.78, 5) is 18.9. The molecule has 0 fully saturated rings. The number of halogens is 1. The molecule has 0 saturated carbocycles. The Morgan fingerprint density at radius 3 is 2.46 bits per heavy atom. The molecule has 2 N–H and O–H groups in total. The number of hydrogen-bond acceptors (Lipinski definition) is 6. The first-order valence-electron chi connectivity index (χ1n) is 11.2. The number of aromatic nitrogens is 3. The topological polar surface area (TPSA) is 109 Å². The summed E-state index contributed by atoms with van der Waals surface area (Å²) >= 11 is 0. The maximum Gasteiger partial charge on any atom is 0.333 e. The van der Waals surface area contributed by atoms with Gasteiger partial charge in [-0.2, -0.15) is 13.5 Å². The van der Waals surface area contributed by atoms with Crippen LogP contribution in [-0.4, -0.2) is 48.2 Å². The molecule has 11 heteroatoms. The van der Waals surface area contributed by atoms with Gasteiger partial charge >= 0.3 is 6.03 Å². The number of anilines is 1. The van der Waals surface area contributed by atoms with E-state index in [0.717, 1.165) is 0 Å². The summed E-state index contributed by atoms with van der Waals surface area (Å²) in [7, 11) is -0.533. The van der Waals surface area contributed by atoms with Gasteiger partial charge in [-0.05, 0) is 57.6 Å². The molecule has 0 aliphatic carbocycles. The predicted octanol–water partition coefficient (Wildman–Crippen LogP) is 4.36. The molecule has 0 bridgehead atoms. The SMILES string of the molecule is CC(C)c1cc(F)cc(-c2cccnc2)c1NC(=O)NS(=O)(=O)c1cc(CN(C)C)n(C(C)C)n1. The molecule has 2 heterocycles. The molecule has 9 nitrogen and oxygen atoms in total. The molecular formula is C24H31FN6O3S. The van der Waals surface area contributed by atoms with Gasteiger partial charge in [0.25, 0.3) is 10.0 Å². The summed E-state index contributed by atoms with van der Waals surface area (Å²) in [5.41, 5.74) is 2.50. The lowest BCUT2D eigenvalue weighted by Crippen LogP contribution is -2.35. The predicted molar refractivity (Wildman–Crippen MR) is 133 cm³/mol. The number of urea groups is 1. The fourth-order valence-electron chi connectivity index (χ4n) is 3.71. The van der Waals surface area contributed by atoms with E-state index in [1.165, 1.54) is 18.2 Å². The number of pyridine rings is 1. The van der Waals surface area contributed by atoms with Gasteiger partial charge in [0.05, 0.1) is 11.4 Å². The summed E-state index contributed by atoms with van der Waals surface area (Å²) in [5, 5.41) is 6.59. The zero-order valence-electron chi connectivity index (χ0n) is 20.7. The highest BCUT2D eigenvalue weighted by atomic mass is 32.2. The smallest absolute Gasteiger partial charge is 0.306 e. The molecular weight excluding hydrogens is 471 g/mol. The summed E-state index contributed by atoms with van der Waals surface area (Å²) in [6.07, 6.45) is 3.13. The van der Waals surface area contributed by atoms with Crippen LogP contribution in [0.2, 0.25) is 0 Å². The van der Waals surface area contributed by atoms with Gasteiger partial charge in [0, 0.05) is 42.2 Å². The second kappa shape index (κ2) is 10.5. The van der Waals surface area contributed by atoms with E-state index < -0.39 is 21.9 Å². The van der Waals surface area contributed by atoms with Crippen molar-refractivity contribution < 1.29 is 17.6 Å². The molecule has 35 heavy (non-hydrogen) atoms. The van der Waals surface area contributed by atoms with Crippen molar-refractivity contribution in [2.24, 2.45) is 0 Å². The van der Waals surface area contributed by atoms with E-state index in [4.69, 9.17) is 0 Å². The molecule has 2 aromatic heterocycles. The monoisotopic (exact) mass is 502 g/mol. The van der Waals surface area contributed by atoms with Crippen molar-refractivity contribution in [1.29, 1.82) is 0 Å². The van der Waals surface area contributed by atoms with E-state index in [9.17, 15) is 17.6 Å². The average Bonchev–Trinajstić information content (AvgIpc) is 3.19. The number of carbonyl (C=O) groups excluding carboxylic acids is 1. The standard InChI is InChI=1S/C24H31FN6O3S/c1-15(2)20-10-18(25)11-21(17-8-7-9-26-13-17)23(20)27-24(32)29-35(33,34)22-12-19(14-30(5)6)31(28-22)16(3)4/h7-13,15-16H,14H2,1-6H3,(H2,27,29,32). The first-order chi connectivity index (χ1) is 16.4. The molecule has 188 valence electrons. The van der Waals surface area contributed by atoms with Crippen molar-refractivity contribution in [1.82, 2.24) is 24.4 Å². The number of hydrogen-bond donors (Lipinski definition) is 2. The lowest BCUT2D eigenvalue weighted by molar-refractivity contribution is 0.256. The van der Waals surface area contributed by atoms with E-state index in [1.54, 1.807) is 29.2 Å². The minimum absolute atomic E-state index is 0.0717. The maximum atomic E-state index is 14.4. The van der Waals surface area contributed by atoms with Gasteiger partial charge in [0.15, 0.2) is 5.03 Å². The number of nitrogens with zero attached hydrogens (tertiary/aromatic N) is 4. The molecule has 0 spiro atoms. The Balaban J connectivity index is 1.95. The minimum Gasteiger partial charge on any atom is -0.306 e. The Bertz CT molecular complexity index is 1300. The minimum atomic E-state index is -4.27. The third-order valence-electron chi connectivity index (χ3n) is 5.23. The van der Waals surface area contributed by atoms with Crippen LogP contribution in [-0.2, 0) is 16.6 Å². The van der Waals surface area contributed by atoms with Gasteiger partial charge in [0.2, 0.25) is 0 Å². The lowest BCUT2D eigenvalue weighted by atomic mass is 9.94. The Morgan fingerprint density at radius 2 is 1.89 bits per heavy atom. The Hall–Kier alpha value is -3.31. The van der Waals surface area contributed by atoms with Gasteiger partial charge in [-0.3, -0.25) is 9.67 Å². The molecule has 2 amide bonds. The number of sulfonamides is 1. The van der Waals surface area contributed by atoms with Crippen LogP contribution in [0, 0.1) is 5.82 Å². The van der Waals surface area contributed by atoms with E-state index >= 15 is 0 Å². The summed E-state index contributed by atoms with van der Waals surface area (Å²) in [6.45, 7) is 7.98. The lowest BCUT2D eigenvalue weighted by Gasteiger charge is -2.19. The van der Waals surface area contributed by atoms with Crippen molar-refractivity contribution in [3.05, 3.63) is 59.8 Å². The second-order valence-corrected chi connectivity index (χ2v) is 10.8. The van der Waals surface area contributed by atoms with Gasteiger partial charge in [-0.1, -0.05) is 19.9 Å². The van der Waals surface area contributed by atoms with E-state index in [0.29, 0.717) is 34.6 Å². The van der Waals surface area contributed by atoms with Crippen LogP contribution in [0.15, 0.2) is 47.8 Å². The fraction of sp³-hybridized carbons (Fsp3) is 0.375. The Kier molecular flexibility index (Phi) is 7.91. The number of rotatable bonds is 8. The van der Waals surface area contributed by atoms with Gasteiger partial charge in [0.1, 0.15) is 5.82 Å². The average molecular weight is 503 g/mol. The van der Waals surface area contributed by atoms with Crippen LogP contribution < -0.4 is 10.0 Å². The molecule has 0 aliphatic heterocycles.